The van der Waals surface area contributed by atoms with Gasteiger partial charge in [0.05, 0.1) is 29.9 Å². The predicted molar refractivity (Wildman–Crippen MR) is 135 cm³/mol. The summed E-state index contributed by atoms with van der Waals surface area (Å²) in [5.41, 5.74) is 6.74. The predicted octanol–water partition coefficient (Wildman–Crippen LogP) is 3.65. The lowest BCUT2D eigenvalue weighted by molar-refractivity contribution is -0.113. The van der Waals surface area contributed by atoms with Crippen LogP contribution in [0.25, 0.3) is 11.4 Å². The van der Waals surface area contributed by atoms with Gasteiger partial charge in [-0.3, -0.25) is 9.59 Å². The van der Waals surface area contributed by atoms with Gasteiger partial charge in [-0.25, -0.2) is 4.79 Å². The van der Waals surface area contributed by atoms with Gasteiger partial charge in [-0.2, -0.15) is 0 Å². The molecule has 12 heteroatoms. The summed E-state index contributed by atoms with van der Waals surface area (Å²) in [6.45, 7) is 4.37. The van der Waals surface area contributed by atoms with E-state index in [4.69, 9.17) is 15.2 Å². The molecule has 0 aliphatic rings. The minimum atomic E-state index is -0.681. The van der Waals surface area contributed by atoms with Crippen molar-refractivity contribution < 1.29 is 23.9 Å². The highest BCUT2D eigenvalue weighted by Crippen LogP contribution is 2.34. The van der Waals surface area contributed by atoms with Gasteiger partial charge < -0.3 is 25.1 Å². The third-order valence-corrected chi connectivity index (χ3v) is 7.30. The molecule has 0 saturated heterocycles. The van der Waals surface area contributed by atoms with Crippen molar-refractivity contribution in [2.24, 2.45) is 12.8 Å². The van der Waals surface area contributed by atoms with Crippen LogP contribution in [0.1, 0.15) is 45.4 Å². The van der Waals surface area contributed by atoms with Crippen LogP contribution in [0, 0.1) is 6.92 Å². The Morgan fingerprint density at radius 1 is 1.20 bits per heavy atom. The molecule has 2 aromatic heterocycles. The monoisotopic (exact) mass is 517 g/mol. The number of rotatable bonds is 11. The quantitative estimate of drug-likeness (QED) is 0.223. The number of esters is 1. The molecule has 2 heterocycles. The molecule has 0 aliphatic heterocycles. The molecule has 3 N–H and O–H groups in total. The number of aromatic nitrogens is 3. The second-order valence-electron chi connectivity index (χ2n) is 7.54. The summed E-state index contributed by atoms with van der Waals surface area (Å²) in [5.74, 6) is -0.255. The molecule has 10 nitrogen and oxygen atoms in total. The minimum absolute atomic E-state index is 0.0135. The van der Waals surface area contributed by atoms with Crippen LogP contribution in [0.5, 0.6) is 5.75 Å². The fourth-order valence-corrected chi connectivity index (χ4v) is 4.98. The summed E-state index contributed by atoms with van der Waals surface area (Å²) in [7, 11) is 3.04. The molecular formula is C23H27N5O5S2. The molecule has 0 unspecified atom stereocenters. The van der Waals surface area contributed by atoms with Gasteiger partial charge in [0.25, 0.3) is 5.91 Å². The molecule has 1 aromatic carbocycles. The number of carbonyl (C=O) groups excluding carboxylic acids is 3. The van der Waals surface area contributed by atoms with E-state index in [1.165, 1.54) is 18.9 Å². The molecule has 0 bridgehead atoms. The molecule has 35 heavy (non-hydrogen) atoms. The van der Waals surface area contributed by atoms with Crippen LogP contribution in [-0.4, -0.2) is 52.0 Å². The maximum atomic E-state index is 12.6. The van der Waals surface area contributed by atoms with Crippen molar-refractivity contribution >= 4 is 45.9 Å². The molecule has 0 spiro atoms. The number of carbonyl (C=O) groups is 3. The highest BCUT2D eigenvalue weighted by atomic mass is 32.2. The Labute approximate surface area is 211 Å². The van der Waals surface area contributed by atoms with E-state index in [-0.39, 0.29) is 27.1 Å². The number of thioether (sulfide) groups is 1. The van der Waals surface area contributed by atoms with Crippen molar-refractivity contribution in [3.8, 4) is 17.1 Å². The number of unbranched alkanes of at least 4 members (excludes halogenated alkanes) is 1. The lowest BCUT2D eigenvalue weighted by atomic mass is 10.1. The summed E-state index contributed by atoms with van der Waals surface area (Å²) >= 11 is 2.13. The van der Waals surface area contributed by atoms with Gasteiger partial charge in [-0.15, -0.1) is 21.5 Å². The molecule has 3 aromatic rings. The number of nitrogens with zero attached hydrogens (tertiary/aromatic N) is 3. The molecule has 2 amide bonds. The number of anilines is 1. The maximum absolute atomic E-state index is 12.6. The normalized spacial score (nSPS) is 10.7. The zero-order chi connectivity index (χ0) is 25.5. The number of amides is 2. The van der Waals surface area contributed by atoms with Gasteiger partial charge in [-0.1, -0.05) is 25.1 Å². The molecule has 0 atom stereocenters. The summed E-state index contributed by atoms with van der Waals surface area (Å²) in [5, 5.41) is 11.9. The Morgan fingerprint density at radius 2 is 1.91 bits per heavy atom. The first-order chi connectivity index (χ1) is 16.8. The van der Waals surface area contributed by atoms with E-state index in [0.29, 0.717) is 23.2 Å². The molecule has 186 valence electrons. The van der Waals surface area contributed by atoms with E-state index in [0.717, 1.165) is 35.5 Å². The van der Waals surface area contributed by atoms with Crippen molar-refractivity contribution in [2.75, 3.05) is 24.8 Å². The van der Waals surface area contributed by atoms with E-state index in [9.17, 15) is 14.4 Å². The van der Waals surface area contributed by atoms with Crippen LogP contribution in [-0.2, 0) is 16.6 Å². The van der Waals surface area contributed by atoms with E-state index in [2.05, 4.69) is 22.4 Å². The highest BCUT2D eigenvalue weighted by molar-refractivity contribution is 7.99. The van der Waals surface area contributed by atoms with Crippen molar-refractivity contribution in [2.45, 2.75) is 31.8 Å². The smallest absolute Gasteiger partial charge is 0.341 e. The highest BCUT2D eigenvalue weighted by Gasteiger charge is 2.25. The van der Waals surface area contributed by atoms with E-state index < -0.39 is 11.9 Å². The zero-order valence-corrected chi connectivity index (χ0v) is 21.5. The Balaban J connectivity index is 1.66. The van der Waals surface area contributed by atoms with Crippen molar-refractivity contribution in [1.82, 2.24) is 14.8 Å². The largest absolute Gasteiger partial charge is 0.494 e. The second kappa shape index (κ2) is 11.8. The number of ether oxygens (including phenoxy) is 2. The summed E-state index contributed by atoms with van der Waals surface area (Å²) in [6, 6.07) is 7.61. The third kappa shape index (κ3) is 6.20. The standard InChI is InChI=1S/C23H27N5O5S2/c1-5-6-11-33-15-9-7-14(8-10-15)20-26-27-23(28(20)3)34-12-16(29)25-21-17(22(31)32-4)13(2)18(35-21)19(24)30/h7-10H,5-6,11-12H2,1-4H3,(H2,24,30)(H,25,29). The van der Waals surface area contributed by atoms with Crippen LogP contribution < -0.4 is 15.8 Å². The molecule has 0 saturated carbocycles. The lowest BCUT2D eigenvalue weighted by Gasteiger charge is -2.07. The molecule has 0 fully saturated rings. The topological polar surface area (TPSA) is 138 Å². The number of primary amides is 1. The van der Waals surface area contributed by atoms with Crippen LogP contribution >= 0.6 is 23.1 Å². The third-order valence-electron chi connectivity index (χ3n) is 5.06. The van der Waals surface area contributed by atoms with Gasteiger partial charge in [0.15, 0.2) is 11.0 Å². The maximum Gasteiger partial charge on any atom is 0.341 e. The van der Waals surface area contributed by atoms with Gasteiger partial charge in [0.1, 0.15) is 10.8 Å². The van der Waals surface area contributed by atoms with Crippen molar-refractivity contribution in [3.63, 3.8) is 0 Å². The van der Waals surface area contributed by atoms with E-state index >= 15 is 0 Å². The van der Waals surface area contributed by atoms with Crippen LogP contribution in [0.2, 0.25) is 0 Å². The Kier molecular flexibility index (Phi) is 8.88. The van der Waals surface area contributed by atoms with Gasteiger partial charge >= 0.3 is 5.97 Å². The van der Waals surface area contributed by atoms with Crippen molar-refractivity contribution in [3.05, 3.63) is 40.3 Å². The van der Waals surface area contributed by atoms with Crippen LogP contribution in [0.4, 0.5) is 5.00 Å². The summed E-state index contributed by atoms with van der Waals surface area (Å²) < 4.78 is 12.3. The van der Waals surface area contributed by atoms with Crippen LogP contribution in [0.3, 0.4) is 0 Å². The number of methoxy groups -OCH3 is 1. The Morgan fingerprint density at radius 3 is 2.54 bits per heavy atom. The number of benzene rings is 1. The first-order valence-corrected chi connectivity index (χ1v) is 12.6. The summed E-state index contributed by atoms with van der Waals surface area (Å²) in [6.07, 6.45) is 2.07. The van der Waals surface area contributed by atoms with E-state index in [1.54, 1.807) is 11.5 Å². The van der Waals surface area contributed by atoms with Gasteiger partial charge in [-0.05, 0) is 43.2 Å². The molecule has 0 radical (unpaired) electrons. The molecular weight excluding hydrogens is 490 g/mol. The second-order valence-corrected chi connectivity index (χ2v) is 9.51. The fourth-order valence-electron chi connectivity index (χ4n) is 3.20. The molecule has 3 rings (SSSR count). The van der Waals surface area contributed by atoms with Crippen molar-refractivity contribution in [1.29, 1.82) is 0 Å². The Hall–Kier alpha value is -3.38. The number of hydrogen-bond donors (Lipinski definition) is 2. The van der Waals surface area contributed by atoms with Gasteiger partial charge in [0.2, 0.25) is 5.91 Å². The van der Waals surface area contributed by atoms with Gasteiger partial charge in [0, 0.05) is 12.6 Å². The Bertz CT molecular complexity index is 1220. The zero-order valence-electron chi connectivity index (χ0n) is 19.9. The molecule has 0 aliphatic carbocycles. The lowest BCUT2D eigenvalue weighted by Crippen LogP contribution is -2.16. The SMILES string of the molecule is CCCCOc1ccc(-c2nnc(SCC(=O)Nc3sc(C(N)=O)c(C)c3C(=O)OC)n2C)cc1. The average molecular weight is 518 g/mol. The number of thiophene rings is 1. The first kappa shape index (κ1) is 26.2. The number of nitrogens with one attached hydrogen (secondary N) is 1. The van der Waals surface area contributed by atoms with Crippen LogP contribution in [0.15, 0.2) is 29.4 Å². The minimum Gasteiger partial charge on any atom is -0.494 e. The summed E-state index contributed by atoms with van der Waals surface area (Å²) in [4.78, 5) is 36.6. The fraction of sp³-hybridized carbons (Fsp3) is 0.348. The number of nitrogens with two attached hydrogens (primary N) is 1. The first-order valence-electron chi connectivity index (χ1n) is 10.8. The van der Waals surface area contributed by atoms with E-state index in [1.807, 2.05) is 31.3 Å². The number of hydrogen-bond acceptors (Lipinski definition) is 9. The average Bonchev–Trinajstić information content (AvgIpc) is 3.37.